The predicted molar refractivity (Wildman–Crippen MR) is 293 cm³/mol. The number of hydrogen-bond acceptors (Lipinski definition) is 5. The van der Waals surface area contributed by atoms with E-state index in [4.69, 9.17) is 15.0 Å². The van der Waals surface area contributed by atoms with Crippen LogP contribution in [0.25, 0.3) is 130 Å². The van der Waals surface area contributed by atoms with E-state index in [-0.39, 0.29) is 0 Å². The molecule has 1 aliphatic carbocycles. The molecule has 1 aliphatic rings. The first-order valence-electron chi connectivity index (χ1n) is 23.6. The fourth-order valence-electron chi connectivity index (χ4n) is 11.1. The number of thiophene rings is 2. The lowest BCUT2D eigenvalue weighted by molar-refractivity contribution is 0.998. The second kappa shape index (κ2) is 15.1. The summed E-state index contributed by atoms with van der Waals surface area (Å²) in [6, 6.07) is 72.5. The summed E-state index contributed by atoms with van der Waals surface area (Å²) in [4.78, 5) is 16.5. The van der Waals surface area contributed by atoms with Crippen molar-refractivity contribution in [2.75, 3.05) is 0 Å². The van der Waals surface area contributed by atoms with Crippen molar-refractivity contribution in [2.45, 2.75) is 12.8 Å². The van der Waals surface area contributed by atoms with Crippen LogP contribution in [0.5, 0.6) is 0 Å². The monoisotopic (exact) mass is 914 g/mol. The zero-order valence-electron chi connectivity index (χ0n) is 37.1. The molecule has 0 atom stereocenters. The highest BCUT2D eigenvalue weighted by Gasteiger charge is 2.24. The summed E-state index contributed by atoms with van der Waals surface area (Å²) < 4.78 is 6.67. The Morgan fingerprint density at radius 1 is 0.362 bits per heavy atom. The number of allylic oxidation sites excluding steroid dienone is 1. The third-order valence-electron chi connectivity index (χ3n) is 14.3. The normalized spacial score (nSPS) is 12.9. The maximum atomic E-state index is 5.08. The van der Waals surface area contributed by atoms with E-state index in [2.05, 4.69) is 174 Å². The summed E-state index contributed by atoms with van der Waals surface area (Å²) in [5, 5.41) is 13.9. The maximum absolute atomic E-state index is 5.08. The summed E-state index contributed by atoms with van der Waals surface area (Å²) in [5.74, 6) is 1.96. The van der Waals surface area contributed by atoms with Gasteiger partial charge in [0.15, 0.2) is 17.5 Å². The first-order valence-corrected chi connectivity index (χ1v) is 25.2. The second-order valence-electron chi connectivity index (χ2n) is 18.1. The number of fused-ring (bicyclic) bond motifs is 16. The van der Waals surface area contributed by atoms with E-state index < -0.39 is 0 Å². The van der Waals surface area contributed by atoms with Crippen LogP contribution < -0.4 is 0 Å². The molecular weight excluding hydrogens is 877 g/mol. The van der Waals surface area contributed by atoms with Crippen LogP contribution in [0.3, 0.4) is 0 Å². The Bertz CT molecular complexity index is 4400. The predicted octanol–water partition coefficient (Wildman–Crippen LogP) is 17.4. The van der Waals surface area contributed by atoms with Crippen LogP contribution in [-0.2, 0) is 6.42 Å². The van der Waals surface area contributed by atoms with Crippen LogP contribution in [0.4, 0.5) is 0 Å². The minimum atomic E-state index is 0.649. The Labute approximate surface area is 404 Å². The molecule has 6 heteroatoms. The molecule has 0 radical (unpaired) electrons. The fraction of sp³-hybridized carbons (Fsp3) is 0.0317. The van der Waals surface area contributed by atoms with Crippen molar-refractivity contribution in [3.8, 4) is 39.9 Å². The Hall–Kier alpha value is -8.29. The van der Waals surface area contributed by atoms with Crippen LogP contribution in [0.2, 0.25) is 0 Å². The van der Waals surface area contributed by atoms with Gasteiger partial charge in [0, 0.05) is 53.5 Å². The molecule has 0 bridgehead atoms. The Kier molecular flexibility index (Phi) is 8.49. The van der Waals surface area contributed by atoms with Crippen LogP contribution in [0.15, 0.2) is 206 Å². The molecule has 10 aromatic carbocycles. The van der Waals surface area contributed by atoms with Crippen molar-refractivity contribution in [3.05, 3.63) is 222 Å². The quantitative estimate of drug-likeness (QED) is 0.162. The number of rotatable bonds is 5. The number of aryl methyl sites for hydroxylation is 1. The molecule has 322 valence electrons. The van der Waals surface area contributed by atoms with Crippen molar-refractivity contribution in [1.29, 1.82) is 0 Å². The highest BCUT2D eigenvalue weighted by molar-refractivity contribution is 7.31. The number of benzene rings is 10. The smallest absolute Gasteiger partial charge is 0.164 e. The van der Waals surface area contributed by atoms with Gasteiger partial charge in [-0.25, -0.2) is 15.0 Å². The van der Waals surface area contributed by atoms with Gasteiger partial charge in [0.05, 0.1) is 20.4 Å². The number of nitrogens with zero attached hydrogens (tertiary/aromatic N) is 4. The molecule has 69 heavy (non-hydrogen) atoms. The molecule has 0 fully saturated rings. The SMILES string of the molecule is C1=C(c2ccc3c(c2)c2ccccc2n3-c2ccc3c4ccc(-c5nc(-c6ccccc6)nc(-c6ccccc6)n5)cc4c4ccccc4c3c2)c2sc3c(ccc4c5ccccc5sc43)c2CC1. The van der Waals surface area contributed by atoms with E-state index >= 15 is 0 Å². The van der Waals surface area contributed by atoms with E-state index in [9.17, 15) is 0 Å². The number of para-hydroxylation sites is 1. The van der Waals surface area contributed by atoms with Crippen LogP contribution in [-0.4, -0.2) is 19.5 Å². The Morgan fingerprint density at radius 3 is 1.65 bits per heavy atom. The lowest BCUT2D eigenvalue weighted by Crippen LogP contribution is -2.00. The van der Waals surface area contributed by atoms with Crippen LogP contribution in [0, 0.1) is 0 Å². The lowest BCUT2D eigenvalue weighted by atomic mass is 9.91. The van der Waals surface area contributed by atoms with Gasteiger partial charge in [-0.05, 0) is 110 Å². The van der Waals surface area contributed by atoms with Gasteiger partial charge in [-0.3, -0.25) is 0 Å². The summed E-state index contributed by atoms with van der Waals surface area (Å²) in [6.45, 7) is 0. The summed E-state index contributed by atoms with van der Waals surface area (Å²) in [7, 11) is 0. The minimum Gasteiger partial charge on any atom is -0.309 e. The van der Waals surface area contributed by atoms with Gasteiger partial charge in [0.25, 0.3) is 0 Å². The number of aromatic nitrogens is 4. The Morgan fingerprint density at radius 2 is 0.899 bits per heavy atom. The van der Waals surface area contributed by atoms with Gasteiger partial charge in [0.1, 0.15) is 0 Å². The molecule has 0 spiro atoms. The molecule has 4 nitrogen and oxygen atoms in total. The minimum absolute atomic E-state index is 0.649. The second-order valence-corrected chi connectivity index (χ2v) is 20.2. The summed E-state index contributed by atoms with van der Waals surface area (Å²) >= 11 is 3.93. The van der Waals surface area contributed by atoms with Crippen LogP contribution >= 0.6 is 22.7 Å². The molecule has 0 unspecified atom stereocenters. The molecule has 0 saturated heterocycles. The van der Waals surface area contributed by atoms with E-state index in [1.165, 1.54) is 106 Å². The topological polar surface area (TPSA) is 43.6 Å². The average molecular weight is 915 g/mol. The highest BCUT2D eigenvalue weighted by atomic mass is 32.1. The molecule has 0 aliphatic heterocycles. The van der Waals surface area contributed by atoms with Gasteiger partial charge in [-0.15, -0.1) is 22.7 Å². The zero-order valence-corrected chi connectivity index (χ0v) is 38.8. The molecule has 0 saturated carbocycles. The Balaban J connectivity index is 0.865. The third kappa shape index (κ3) is 5.96. The first-order chi connectivity index (χ1) is 34.2. The highest BCUT2D eigenvalue weighted by Crippen LogP contribution is 2.49. The van der Waals surface area contributed by atoms with Gasteiger partial charge < -0.3 is 4.57 Å². The van der Waals surface area contributed by atoms with Gasteiger partial charge in [-0.1, -0.05) is 164 Å². The third-order valence-corrected chi connectivity index (χ3v) is 16.9. The van der Waals surface area contributed by atoms with Crippen molar-refractivity contribution < 1.29 is 0 Å². The molecule has 4 aromatic heterocycles. The van der Waals surface area contributed by atoms with E-state index in [0.29, 0.717) is 17.5 Å². The van der Waals surface area contributed by atoms with E-state index in [1.54, 1.807) is 0 Å². The molecule has 4 heterocycles. The molecule has 0 N–H and O–H groups in total. The van der Waals surface area contributed by atoms with Crippen molar-refractivity contribution in [2.24, 2.45) is 0 Å². The van der Waals surface area contributed by atoms with Crippen LogP contribution in [0.1, 0.15) is 22.4 Å². The first kappa shape index (κ1) is 38.8. The average Bonchev–Trinajstić information content (AvgIpc) is 4.11. The van der Waals surface area contributed by atoms with Crippen molar-refractivity contribution in [3.63, 3.8) is 0 Å². The zero-order chi connectivity index (χ0) is 45.2. The fourth-order valence-corrected chi connectivity index (χ4v) is 13.9. The van der Waals surface area contributed by atoms with Crippen molar-refractivity contribution >= 4 is 113 Å². The maximum Gasteiger partial charge on any atom is 0.164 e. The molecule has 15 rings (SSSR count). The van der Waals surface area contributed by atoms with Gasteiger partial charge >= 0.3 is 0 Å². The lowest BCUT2D eigenvalue weighted by Gasteiger charge is -2.16. The molecular formula is C63H38N4S2. The summed E-state index contributed by atoms with van der Waals surface area (Å²) in [5.41, 5.74) is 10.6. The largest absolute Gasteiger partial charge is 0.309 e. The van der Waals surface area contributed by atoms with Gasteiger partial charge in [0.2, 0.25) is 0 Å². The van der Waals surface area contributed by atoms with Crippen molar-refractivity contribution in [1.82, 2.24) is 19.5 Å². The number of hydrogen-bond donors (Lipinski definition) is 0. The van der Waals surface area contributed by atoms with E-state index in [1.807, 2.05) is 59.1 Å². The van der Waals surface area contributed by atoms with Gasteiger partial charge in [-0.2, -0.15) is 0 Å². The standard InChI is InChI=1S/C63H38N4S2/c1-3-14-37(15-4-1)61-64-62(38-16-5-2-6-17-38)66-63(65-61)40-26-29-45-46-30-28-41(36-53(46)44-19-8-7-18-43(44)52(45)35-40)67-55-24-11-9-20-47(55)54-34-39(27-33-56(54)67)42-22-13-23-49-51-32-31-50-48-21-10-12-25-57(48)68-59(50)60(51)69-58(42)49/h1-12,14-22,24-36H,13,23H2. The van der Waals surface area contributed by atoms with E-state index in [0.717, 1.165) is 35.2 Å². The molecule has 14 aromatic rings. The molecule has 0 amide bonds. The summed E-state index contributed by atoms with van der Waals surface area (Å²) in [6.07, 6.45) is 4.60.